The molecule has 1 heterocycles. The molecule has 1 aliphatic carbocycles. The van der Waals surface area contributed by atoms with Gasteiger partial charge in [0.2, 0.25) is 5.91 Å². The van der Waals surface area contributed by atoms with Crippen molar-refractivity contribution in [3.8, 4) is 0 Å². The second-order valence-electron chi connectivity index (χ2n) is 4.56. The molecule has 4 nitrogen and oxygen atoms in total. The van der Waals surface area contributed by atoms with Gasteiger partial charge in [0.05, 0.1) is 0 Å². The van der Waals surface area contributed by atoms with Crippen LogP contribution in [-0.2, 0) is 4.79 Å². The third kappa shape index (κ3) is 2.13. The van der Waals surface area contributed by atoms with E-state index < -0.39 is 0 Å². The van der Waals surface area contributed by atoms with Gasteiger partial charge in [0.1, 0.15) is 6.54 Å². The second kappa shape index (κ2) is 4.21. The lowest BCUT2D eigenvalue weighted by molar-refractivity contribution is -0.118. The summed E-state index contributed by atoms with van der Waals surface area (Å²) in [6, 6.07) is 0.0965. The summed E-state index contributed by atoms with van der Waals surface area (Å²) in [4.78, 5) is 24.2. The van der Waals surface area contributed by atoms with Crippen LogP contribution in [0.15, 0.2) is 0 Å². The molecule has 0 radical (unpaired) electrons. The van der Waals surface area contributed by atoms with E-state index in [1.807, 2.05) is 0 Å². The monoisotopic (exact) mass is 210 g/mol. The topological polar surface area (TPSA) is 49.4 Å². The van der Waals surface area contributed by atoms with E-state index in [0.29, 0.717) is 6.04 Å². The summed E-state index contributed by atoms with van der Waals surface area (Å²) in [5.74, 6) is 0.667. The Morgan fingerprint density at radius 3 is 2.40 bits per heavy atom. The Hall–Kier alpha value is -1.06. The third-order valence-electron chi connectivity index (χ3n) is 3.66. The third-order valence-corrected chi connectivity index (χ3v) is 3.66. The molecule has 0 aromatic rings. The summed E-state index contributed by atoms with van der Waals surface area (Å²) < 4.78 is 0. The Morgan fingerprint density at radius 1 is 1.27 bits per heavy atom. The molecule has 0 aromatic carbocycles. The molecule has 15 heavy (non-hydrogen) atoms. The van der Waals surface area contributed by atoms with Crippen molar-refractivity contribution in [2.45, 2.75) is 45.1 Å². The van der Waals surface area contributed by atoms with Crippen molar-refractivity contribution < 1.29 is 9.59 Å². The van der Waals surface area contributed by atoms with E-state index in [-0.39, 0.29) is 18.5 Å². The second-order valence-corrected chi connectivity index (χ2v) is 4.56. The lowest BCUT2D eigenvalue weighted by atomic mass is 9.84. The Kier molecular flexibility index (Phi) is 2.93. The SMILES string of the molecule is CCC1CCC(N2CC(=O)NC2=O)CC1. The molecule has 84 valence electrons. The molecule has 2 rings (SSSR count). The normalized spacial score (nSPS) is 31.9. The number of hydrogen-bond acceptors (Lipinski definition) is 2. The maximum Gasteiger partial charge on any atom is 0.324 e. The van der Waals surface area contributed by atoms with Crippen molar-refractivity contribution in [2.75, 3.05) is 6.54 Å². The Balaban J connectivity index is 1.90. The van der Waals surface area contributed by atoms with E-state index in [2.05, 4.69) is 12.2 Å². The number of imide groups is 1. The maximum absolute atomic E-state index is 11.4. The van der Waals surface area contributed by atoms with Crippen LogP contribution in [0.3, 0.4) is 0 Å². The number of rotatable bonds is 2. The molecule has 0 aromatic heterocycles. The standard InChI is InChI=1S/C11H18N2O2/c1-2-8-3-5-9(6-4-8)13-7-10(14)12-11(13)15/h8-9H,2-7H2,1H3,(H,12,14,15). The number of hydrogen-bond donors (Lipinski definition) is 1. The zero-order valence-electron chi connectivity index (χ0n) is 9.16. The lowest BCUT2D eigenvalue weighted by Crippen LogP contribution is -2.40. The van der Waals surface area contributed by atoms with Crippen molar-refractivity contribution in [3.63, 3.8) is 0 Å². The largest absolute Gasteiger partial charge is 0.324 e. The van der Waals surface area contributed by atoms with Gasteiger partial charge in [-0.15, -0.1) is 0 Å². The summed E-state index contributed by atoms with van der Waals surface area (Å²) >= 11 is 0. The summed E-state index contributed by atoms with van der Waals surface area (Å²) in [5.41, 5.74) is 0. The van der Waals surface area contributed by atoms with Crippen LogP contribution < -0.4 is 5.32 Å². The van der Waals surface area contributed by atoms with Crippen LogP contribution >= 0.6 is 0 Å². The number of nitrogens with one attached hydrogen (secondary N) is 1. The van der Waals surface area contributed by atoms with Gasteiger partial charge in [0, 0.05) is 6.04 Å². The number of urea groups is 1. The zero-order chi connectivity index (χ0) is 10.8. The number of nitrogens with zero attached hydrogens (tertiary/aromatic N) is 1. The molecule has 4 heteroatoms. The van der Waals surface area contributed by atoms with Gasteiger partial charge in [-0.2, -0.15) is 0 Å². The highest BCUT2D eigenvalue weighted by molar-refractivity contribution is 6.02. The van der Waals surface area contributed by atoms with Crippen molar-refractivity contribution in [1.29, 1.82) is 0 Å². The first-order valence-electron chi connectivity index (χ1n) is 5.81. The summed E-state index contributed by atoms with van der Waals surface area (Å²) in [7, 11) is 0. The molecule has 1 saturated heterocycles. The highest BCUT2D eigenvalue weighted by Crippen LogP contribution is 2.29. The van der Waals surface area contributed by atoms with Gasteiger partial charge in [0.25, 0.3) is 0 Å². The predicted octanol–water partition coefficient (Wildman–Crippen LogP) is 1.51. The highest BCUT2D eigenvalue weighted by atomic mass is 16.2. The van der Waals surface area contributed by atoms with Crippen LogP contribution in [0.2, 0.25) is 0 Å². The fourth-order valence-electron chi connectivity index (χ4n) is 2.62. The first-order chi connectivity index (χ1) is 7.20. The predicted molar refractivity (Wildman–Crippen MR) is 56.3 cm³/mol. The zero-order valence-corrected chi connectivity index (χ0v) is 9.16. The minimum atomic E-state index is -0.194. The van der Waals surface area contributed by atoms with Crippen LogP contribution in [0.1, 0.15) is 39.0 Å². The van der Waals surface area contributed by atoms with Crippen LogP contribution in [0, 0.1) is 5.92 Å². The summed E-state index contributed by atoms with van der Waals surface area (Å²) in [5, 5.41) is 2.34. The molecule has 1 N–H and O–H groups in total. The Morgan fingerprint density at radius 2 is 1.93 bits per heavy atom. The van der Waals surface area contributed by atoms with E-state index in [1.165, 1.54) is 19.3 Å². The fourth-order valence-corrected chi connectivity index (χ4v) is 2.62. The molecule has 0 atom stereocenters. The number of carbonyl (C=O) groups excluding carboxylic acids is 2. The average molecular weight is 210 g/mol. The van der Waals surface area contributed by atoms with Gasteiger partial charge in [-0.05, 0) is 31.6 Å². The smallest absolute Gasteiger partial charge is 0.312 e. The van der Waals surface area contributed by atoms with Gasteiger partial charge in [0.15, 0.2) is 0 Å². The van der Waals surface area contributed by atoms with Gasteiger partial charge in [-0.1, -0.05) is 13.3 Å². The highest BCUT2D eigenvalue weighted by Gasteiger charge is 2.34. The summed E-state index contributed by atoms with van der Waals surface area (Å²) in [6.07, 6.45) is 5.73. The molecule has 0 bridgehead atoms. The van der Waals surface area contributed by atoms with Crippen LogP contribution in [0.4, 0.5) is 4.79 Å². The molecule has 1 aliphatic heterocycles. The minimum absolute atomic E-state index is 0.155. The Bertz CT molecular complexity index is 270. The van der Waals surface area contributed by atoms with E-state index in [1.54, 1.807) is 4.90 Å². The maximum atomic E-state index is 11.4. The number of carbonyl (C=O) groups is 2. The molecule has 1 saturated carbocycles. The Labute approximate surface area is 90.0 Å². The molecule has 2 fully saturated rings. The molecule has 3 amide bonds. The average Bonchev–Trinajstić information content (AvgIpc) is 2.58. The summed E-state index contributed by atoms with van der Waals surface area (Å²) in [6.45, 7) is 2.48. The van der Waals surface area contributed by atoms with E-state index >= 15 is 0 Å². The van der Waals surface area contributed by atoms with E-state index in [4.69, 9.17) is 0 Å². The van der Waals surface area contributed by atoms with Crippen molar-refractivity contribution in [2.24, 2.45) is 5.92 Å². The van der Waals surface area contributed by atoms with Gasteiger partial charge in [-0.3, -0.25) is 10.1 Å². The lowest BCUT2D eigenvalue weighted by Gasteiger charge is -2.33. The first-order valence-corrected chi connectivity index (χ1v) is 5.81. The van der Waals surface area contributed by atoms with Crippen LogP contribution in [-0.4, -0.2) is 29.4 Å². The first kappa shape index (κ1) is 10.5. The fraction of sp³-hybridized carbons (Fsp3) is 0.818. The molecular formula is C11H18N2O2. The molecular weight excluding hydrogens is 192 g/mol. The van der Waals surface area contributed by atoms with E-state index in [9.17, 15) is 9.59 Å². The van der Waals surface area contributed by atoms with Crippen LogP contribution in [0.25, 0.3) is 0 Å². The van der Waals surface area contributed by atoms with Crippen LogP contribution in [0.5, 0.6) is 0 Å². The molecule has 0 spiro atoms. The van der Waals surface area contributed by atoms with Crippen molar-refractivity contribution in [3.05, 3.63) is 0 Å². The van der Waals surface area contributed by atoms with Crippen molar-refractivity contribution in [1.82, 2.24) is 10.2 Å². The van der Waals surface area contributed by atoms with E-state index in [0.717, 1.165) is 18.8 Å². The van der Waals surface area contributed by atoms with Crippen molar-refractivity contribution >= 4 is 11.9 Å². The minimum Gasteiger partial charge on any atom is -0.312 e. The van der Waals surface area contributed by atoms with Gasteiger partial charge >= 0.3 is 6.03 Å². The molecule has 2 aliphatic rings. The molecule has 0 unspecified atom stereocenters. The van der Waals surface area contributed by atoms with Gasteiger partial charge in [-0.25, -0.2) is 4.79 Å². The van der Waals surface area contributed by atoms with Gasteiger partial charge < -0.3 is 4.90 Å². The number of amides is 3. The quantitative estimate of drug-likeness (QED) is 0.702.